The Bertz CT molecular complexity index is 324. The molecule has 0 bridgehead atoms. The summed E-state index contributed by atoms with van der Waals surface area (Å²) in [6.07, 6.45) is 1.17. The first-order chi connectivity index (χ1) is 6.74. The van der Waals surface area contributed by atoms with Gasteiger partial charge in [-0.05, 0) is 24.5 Å². The van der Waals surface area contributed by atoms with Crippen molar-refractivity contribution < 1.29 is 9.84 Å². The number of hydrogen-bond donors (Lipinski definition) is 2. The van der Waals surface area contributed by atoms with Gasteiger partial charge in [-0.2, -0.15) is 0 Å². The molecule has 3 nitrogen and oxygen atoms in total. The van der Waals surface area contributed by atoms with Crippen LogP contribution in [0.2, 0.25) is 0 Å². The molecule has 0 radical (unpaired) electrons. The Balaban J connectivity index is 2.49. The van der Waals surface area contributed by atoms with Crippen molar-refractivity contribution in [2.75, 3.05) is 7.11 Å². The number of aliphatic hydroxyl groups is 1. The Labute approximate surface area is 83.5 Å². The number of nitrogens with two attached hydrogens (primary N) is 1. The summed E-state index contributed by atoms with van der Waals surface area (Å²) < 4.78 is 5.24. The van der Waals surface area contributed by atoms with Gasteiger partial charge in [0.1, 0.15) is 5.75 Å². The predicted octanol–water partition coefficient (Wildman–Crippen LogP) is 1.00. The molecule has 2 rings (SSSR count). The molecule has 2 atom stereocenters. The fourth-order valence-corrected chi connectivity index (χ4v) is 2.04. The summed E-state index contributed by atoms with van der Waals surface area (Å²) in [5.74, 6) is 0.786. The highest BCUT2D eigenvalue weighted by atomic mass is 16.5. The zero-order valence-electron chi connectivity index (χ0n) is 8.23. The second-order valence-corrected chi connectivity index (χ2v) is 3.66. The van der Waals surface area contributed by atoms with E-state index in [-0.39, 0.29) is 6.04 Å². The molecule has 3 heteroatoms. The molecule has 1 aromatic carbocycles. The lowest BCUT2D eigenvalue weighted by Gasteiger charge is -2.28. The topological polar surface area (TPSA) is 55.5 Å². The second kappa shape index (κ2) is 3.59. The van der Waals surface area contributed by atoms with E-state index in [1.807, 2.05) is 18.2 Å². The van der Waals surface area contributed by atoms with Crippen LogP contribution in [-0.4, -0.2) is 18.3 Å². The number of aryl methyl sites for hydroxylation is 1. The Morgan fingerprint density at radius 3 is 3.00 bits per heavy atom. The maximum atomic E-state index is 9.66. The molecular weight excluding hydrogens is 178 g/mol. The van der Waals surface area contributed by atoms with Crippen LogP contribution in [0.4, 0.5) is 0 Å². The first kappa shape index (κ1) is 9.49. The predicted molar refractivity (Wildman–Crippen MR) is 54.3 cm³/mol. The van der Waals surface area contributed by atoms with E-state index in [0.29, 0.717) is 0 Å². The van der Waals surface area contributed by atoms with Gasteiger partial charge in [-0.25, -0.2) is 0 Å². The molecule has 76 valence electrons. The number of ether oxygens (including phenoxy) is 1. The highest BCUT2D eigenvalue weighted by molar-refractivity contribution is 5.44. The molecule has 0 heterocycles. The SMILES string of the molecule is COc1cccc2c1[C@H](N)[C@@H](O)CC2. The van der Waals surface area contributed by atoms with E-state index in [4.69, 9.17) is 10.5 Å². The van der Waals surface area contributed by atoms with Crippen LogP contribution in [0.25, 0.3) is 0 Å². The van der Waals surface area contributed by atoms with E-state index in [2.05, 4.69) is 0 Å². The second-order valence-electron chi connectivity index (χ2n) is 3.66. The van der Waals surface area contributed by atoms with Gasteiger partial charge < -0.3 is 15.6 Å². The Kier molecular flexibility index (Phi) is 2.44. The number of rotatable bonds is 1. The van der Waals surface area contributed by atoms with Crippen LogP contribution in [0.15, 0.2) is 18.2 Å². The Morgan fingerprint density at radius 1 is 1.50 bits per heavy atom. The van der Waals surface area contributed by atoms with E-state index in [0.717, 1.165) is 24.2 Å². The van der Waals surface area contributed by atoms with Crippen molar-refractivity contribution in [3.05, 3.63) is 29.3 Å². The smallest absolute Gasteiger partial charge is 0.124 e. The van der Waals surface area contributed by atoms with Gasteiger partial charge in [-0.15, -0.1) is 0 Å². The van der Waals surface area contributed by atoms with Crippen molar-refractivity contribution in [2.45, 2.75) is 25.0 Å². The van der Waals surface area contributed by atoms with Gasteiger partial charge in [0, 0.05) is 5.56 Å². The lowest BCUT2D eigenvalue weighted by molar-refractivity contribution is 0.126. The number of methoxy groups -OCH3 is 1. The molecule has 0 aliphatic heterocycles. The summed E-state index contributed by atoms with van der Waals surface area (Å²) in [5, 5.41) is 9.66. The normalized spacial score (nSPS) is 25.6. The quantitative estimate of drug-likeness (QED) is 0.699. The fraction of sp³-hybridized carbons (Fsp3) is 0.455. The summed E-state index contributed by atoms with van der Waals surface area (Å²) in [6, 6.07) is 5.58. The average Bonchev–Trinajstić information content (AvgIpc) is 2.23. The van der Waals surface area contributed by atoms with Gasteiger partial charge in [0.15, 0.2) is 0 Å². The third-order valence-corrected chi connectivity index (χ3v) is 2.83. The third-order valence-electron chi connectivity index (χ3n) is 2.83. The maximum absolute atomic E-state index is 9.66. The largest absolute Gasteiger partial charge is 0.496 e. The van der Waals surface area contributed by atoms with Crippen LogP contribution >= 0.6 is 0 Å². The fourth-order valence-electron chi connectivity index (χ4n) is 2.04. The lowest BCUT2D eigenvalue weighted by atomic mass is 9.85. The van der Waals surface area contributed by atoms with Crippen LogP contribution < -0.4 is 10.5 Å². The molecule has 3 N–H and O–H groups in total. The van der Waals surface area contributed by atoms with Gasteiger partial charge in [-0.3, -0.25) is 0 Å². The van der Waals surface area contributed by atoms with Gasteiger partial charge in [0.25, 0.3) is 0 Å². The van der Waals surface area contributed by atoms with Crippen molar-refractivity contribution >= 4 is 0 Å². The highest BCUT2D eigenvalue weighted by Crippen LogP contribution is 2.34. The highest BCUT2D eigenvalue weighted by Gasteiger charge is 2.27. The van der Waals surface area contributed by atoms with Crippen LogP contribution in [0.5, 0.6) is 5.75 Å². The van der Waals surface area contributed by atoms with Crippen molar-refractivity contribution in [3.8, 4) is 5.75 Å². The number of benzene rings is 1. The molecule has 14 heavy (non-hydrogen) atoms. The Hall–Kier alpha value is -1.06. The van der Waals surface area contributed by atoms with Gasteiger partial charge in [0.05, 0.1) is 19.3 Å². The summed E-state index contributed by atoms with van der Waals surface area (Å²) in [4.78, 5) is 0. The van der Waals surface area contributed by atoms with Crippen LogP contribution in [0, 0.1) is 0 Å². The van der Waals surface area contributed by atoms with Crippen molar-refractivity contribution in [1.29, 1.82) is 0 Å². The molecule has 1 aliphatic rings. The van der Waals surface area contributed by atoms with Gasteiger partial charge in [0.2, 0.25) is 0 Å². The van der Waals surface area contributed by atoms with E-state index in [9.17, 15) is 5.11 Å². The van der Waals surface area contributed by atoms with Crippen LogP contribution in [-0.2, 0) is 6.42 Å². The van der Waals surface area contributed by atoms with Crippen molar-refractivity contribution in [2.24, 2.45) is 5.73 Å². The van der Waals surface area contributed by atoms with Gasteiger partial charge >= 0.3 is 0 Å². The maximum Gasteiger partial charge on any atom is 0.124 e. The van der Waals surface area contributed by atoms with E-state index in [1.165, 1.54) is 5.56 Å². The summed E-state index contributed by atoms with van der Waals surface area (Å²) in [5.41, 5.74) is 8.10. The first-order valence-corrected chi connectivity index (χ1v) is 4.83. The molecule has 0 saturated heterocycles. The van der Waals surface area contributed by atoms with E-state index >= 15 is 0 Å². The molecule has 0 spiro atoms. The molecular formula is C11H15NO2. The molecule has 0 amide bonds. The zero-order valence-corrected chi connectivity index (χ0v) is 8.23. The molecule has 0 fully saturated rings. The van der Waals surface area contributed by atoms with Gasteiger partial charge in [-0.1, -0.05) is 12.1 Å². The molecule has 1 aromatic rings. The Morgan fingerprint density at radius 2 is 2.29 bits per heavy atom. The minimum atomic E-state index is -0.446. The van der Waals surface area contributed by atoms with Crippen molar-refractivity contribution in [3.63, 3.8) is 0 Å². The molecule has 1 aliphatic carbocycles. The number of aliphatic hydroxyl groups excluding tert-OH is 1. The van der Waals surface area contributed by atoms with Crippen LogP contribution in [0.1, 0.15) is 23.6 Å². The zero-order chi connectivity index (χ0) is 10.1. The molecule has 0 unspecified atom stereocenters. The summed E-state index contributed by atoms with van der Waals surface area (Å²) >= 11 is 0. The standard InChI is InChI=1S/C11H15NO2/c1-14-9-4-2-3-7-5-6-8(13)11(12)10(7)9/h2-4,8,11,13H,5-6,12H2,1H3/t8-,11+/m0/s1. The third kappa shape index (κ3) is 1.38. The first-order valence-electron chi connectivity index (χ1n) is 4.83. The summed E-state index contributed by atoms with van der Waals surface area (Å²) in [7, 11) is 1.63. The number of fused-ring (bicyclic) bond motifs is 1. The molecule has 0 aromatic heterocycles. The van der Waals surface area contributed by atoms with Crippen molar-refractivity contribution in [1.82, 2.24) is 0 Å². The minimum absolute atomic E-state index is 0.310. The van der Waals surface area contributed by atoms with E-state index < -0.39 is 6.10 Å². The molecule has 0 saturated carbocycles. The summed E-state index contributed by atoms with van der Waals surface area (Å²) in [6.45, 7) is 0. The number of hydrogen-bond acceptors (Lipinski definition) is 3. The lowest BCUT2D eigenvalue weighted by Crippen LogP contribution is -2.31. The average molecular weight is 193 g/mol. The van der Waals surface area contributed by atoms with E-state index in [1.54, 1.807) is 7.11 Å². The van der Waals surface area contributed by atoms with Crippen LogP contribution in [0.3, 0.4) is 0 Å². The monoisotopic (exact) mass is 193 g/mol. The minimum Gasteiger partial charge on any atom is -0.496 e.